The molecule has 0 bridgehead atoms. The lowest BCUT2D eigenvalue weighted by Crippen LogP contribution is -2.46. The molecule has 2 aromatic carbocycles. The van der Waals surface area contributed by atoms with Gasteiger partial charge in [0.25, 0.3) is 0 Å². The van der Waals surface area contributed by atoms with Gasteiger partial charge in [-0.3, -0.25) is 4.79 Å². The average Bonchev–Trinajstić information content (AvgIpc) is 3.47. The van der Waals surface area contributed by atoms with Gasteiger partial charge in [0.2, 0.25) is 5.91 Å². The van der Waals surface area contributed by atoms with Crippen LogP contribution in [0.3, 0.4) is 0 Å². The van der Waals surface area contributed by atoms with Crippen molar-refractivity contribution in [3.05, 3.63) is 48.5 Å². The highest BCUT2D eigenvalue weighted by atomic mass is 31.2. The number of carbonyl (C=O) groups excluding carboxylic acids is 1. The highest BCUT2D eigenvalue weighted by Crippen LogP contribution is 2.58. The van der Waals surface area contributed by atoms with E-state index < -0.39 is 13.4 Å². The molecule has 0 aromatic heterocycles. The van der Waals surface area contributed by atoms with Gasteiger partial charge < -0.3 is 24.4 Å². The van der Waals surface area contributed by atoms with E-state index in [0.29, 0.717) is 29.8 Å². The molecule has 2 aliphatic rings. The molecule has 0 saturated carbocycles. The van der Waals surface area contributed by atoms with E-state index in [1.165, 1.54) is 7.11 Å². The Labute approximate surface area is 176 Å². The van der Waals surface area contributed by atoms with Crippen molar-refractivity contribution >= 4 is 13.5 Å². The van der Waals surface area contributed by atoms with Crippen molar-refractivity contribution in [3.63, 3.8) is 0 Å². The smallest absolute Gasteiger partial charge is 0.401 e. The maximum Gasteiger partial charge on any atom is 0.401 e. The summed E-state index contributed by atoms with van der Waals surface area (Å²) in [6.07, 6.45) is 3.06. The van der Waals surface area contributed by atoms with Crippen molar-refractivity contribution < 1.29 is 23.5 Å². The van der Waals surface area contributed by atoms with Gasteiger partial charge in [-0.15, -0.1) is 0 Å². The number of amides is 1. The third-order valence-electron chi connectivity index (χ3n) is 5.79. The number of nitrogens with zero attached hydrogens (tertiary/aromatic N) is 1. The highest BCUT2D eigenvalue weighted by molar-refractivity contribution is 7.55. The topological polar surface area (TPSA) is 88.1 Å². The van der Waals surface area contributed by atoms with Crippen LogP contribution in [0, 0.1) is 0 Å². The molecule has 2 saturated heterocycles. The van der Waals surface area contributed by atoms with Gasteiger partial charge in [0.15, 0.2) is 0 Å². The van der Waals surface area contributed by atoms with Gasteiger partial charge in [-0.2, -0.15) is 0 Å². The summed E-state index contributed by atoms with van der Waals surface area (Å²) in [6.45, 7) is 1.36. The third kappa shape index (κ3) is 3.97. The van der Waals surface area contributed by atoms with Gasteiger partial charge >= 0.3 is 7.60 Å². The zero-order valence-corrected chi connectivity index (χ0v) is 17.9. The first kappa shape index (κ1) is 20.9. The predicted octanol–water partition coefficient (Wildman–Crippen LogP) is 3.98. The second-order valence-corrected chi connectivity index (χ2v) is 9.85. The lowest BCUT2D eigenvalue weighted by molar-refractivity contribution is -0.132. The van der Waals surface area contributed by atoms with Crippen LogP contribution >= 0.6 is 7.60 Å². The van der Waals surface area contributed by atoms with Crippen molar-refractivity contribution in [3.8, 4) is 22.6 Å². The molecule has 0 radical (unpaired) electrons. The molecule has 4 rings (SSSR count). The van der Waals surface area contributed by atoms with E-state index in [9.17, 15) is 14.5 Å². The number of benzene rings is 2. The van der Waals surface area contributed by atoms with Crippen molar-refractivity contribution in [2.75, 3.05) is 20.2 Å². The molecule has 2 aromatic rings. The Bertz CT molecular complexity index is 960. The highest BCUT2D eigenvalue weighted by Gasteiger charge is 2.47. The first-order valence-electron chi connectivity index (χ1n) is 10.3. The maximum atomic E-state index is 13.8. The standard InChI is InChI=1S/C22H27N2O5P/c1-28-30(27,21-13-7-15-24(21)22(26)18-10-6-14-23-18)29-20-12-5-3-9-17(20)16-8-2-4-11-19(16)25/h2-5,8-9,11-12,18,21,23,25H,6-7,10,13-15H2,1H3/t18-,21?,30?/m0/s1. The van der Waals surface area contributed by atoms with Crippen LogP contribution in [0.1, 0.15) is 25.7 Å². The summed E-state index contributed by atoms with van der Waals surface area (Å²) >= 11 is 0. The zero-order valence-electron chi connectivity index (χ0n) is 17.0. The number of phenolic OH excluding ortho intramolecular Hbond substituents is 1. The number of likely N-dealkylation sites (tertiary alicyclic amines) is 1. The summed E-state index contributed by atoms with van der Waals surface area (Å²) in [5.41, 5.74) is 1.19. The fourth-order valence-corrected chi connectivity index (χ4v) is 6.20. The molecule has 2 N–H and O–H groups in total. The molecule has 30 heavy (non-hydrogen) atoms. The van der Waals surface area contributed by atoms with Gasteiger partial charge in [0.1, 0.15) is 17.3 Å². The van der Waals surface area contributed by atoms with Gasteiger partial charge in [-0.05, 0) is 44.4 Å². The molecule has 0 aliphatic carbocycles. The minimum Gasteiger partial charge on any atom is -0.507 e. The van der Waals surface area contributed by atoms with Gasteiger partial charge in [-0.25, -0.2) is 4.57 Å². The second-order valence-electron chi connectivity index (χ2n) is 7.63. The molecule has 2 unspecified atom stereocenters. The summed E-state index contributed by atoms with van der Waals surface area (Å²) in [6, 6.07) is 13.8. The first-order valence-corrected chi connectivity index (χ1v) is 11.9. The van der Waals surface area contributed by atoms with Crippen LogP contribution < -0.4 is 9.84 Å². The lowest BCUT2D eigenvalue weighted by atomic mass is 10.0. The molecule has 2 heterocycles. The number of rotatable bonds is 6. The Kier molecular flexibility index (Phi) is 6.14. The maximum absolute atomic E-state index is 13.8. The normalized spacial score (nSPS) is 23.3. The van der Waals surface area contributed by atoms with Gasteiger partial charge in [-0.1, -0.05) is 36.4 Å². The Morgan fingerprint density at radius 1 is 1.10 bits per heavy atom. The van der Waals surface area contributed by atoms with Crippen LogP contribution in [0.15, 0.2) is 48.5 Å². The van der Waals surface area contributed by atoms with Crippen molar-refractivity contribution in [2.24, 2.45) is 0 Å². The summed E-state index contributed by atoms with van der Waals surface area (Å²) < 4.78 is 25.3. The summed E-state index contributed by atoms with van der Waals surface area (Å²) in [7, 11) is -2.33. The van der Waals surface area contributed by atoms with E-state index in [-0.39, 0.29) is 17.7 Å². The number of para-hydroxylation sites is 2. The predicted molar refractivity (Wildman–Crippen MR) is 115 cm³/mol. The van der Waals surface area contributed by atoms with Crippen molar-refractivity contribution in [1.29, 1.82) is 0 Å². The largest absolute Gasteiger partial charge is 0.507 e. The van der Waals surface area contributed by atoms with Crippen LogP contribution in [0.4, 0.5) is 0 Å². The molecular formula is C22H27N2O5P. The van der Waals surface area contributed by atoms with E-state index in [4.69, 9.17) is 9.05 Å². The second kappa shape index (κ2) is 8.80. The Hall–Kier alpha value is -2.34. The molecule has 7 nitrogen and oxygen atoms in total. The lowest BCUT2D eigenvalue weighted by Gasteiger charge is -2.32. The minimum atomic E-state index is -3.69. The van der Waals surface area contributed by atoms with Gasteiger partial charge in [0.05, 0.1) is 6.04 Å². The minimum absolute atomic E-state index is 0.0372. The average molecular weight is 430 g/mol. The Morgan fingerprint density at radius 3 is 2.53 bits per heavy atom. The monoisotopic (exact) mass is 430 g/mol. The van der Waals surface area contributed by atoms with Crippen molar-refractivity contribution in [2.45, 2.75) is 37.5 Å². The molecule has 3 atom stereocenters. The number of phenols is 1. The molecule has 1 amide bonds. The van der Waals surface area contributed by atoms with E-state index in [0.717, 1.165) is 25.8 Å². The molecule has 2 aliphatic heterocycles. The molecular weight excluding hydrogens is 403 g/mol. The molecule has 2 fully saturated rings. The number of carbonyl (C=O) groups is 1. The molecule has 160 valence electrons. The molecule has 8 heteroatoms. The number of aromatic hydroxyl groups is 1. The van der Waals surface area contributed by atoms with Crippen LogP contribution in [0.5, 0.6) is 11.5 Å². The first-order chi connectivity index (χ1) is 14.5. The fraction of sp³-hybridized carbons (Fsp3) is 0.409. The van der Waals surface area contributed by atoms with Gasteiger partial charge in [0, 0.05) is 24.8 Å². The van der Waals surface area contributed by atoms with Crippen LogP contribution in [-0.4, -0.2) is 47.9 Å². The van der Waals surface area contributed by atoms with Crippen molar-refractivity contribution in [1.82, 2.24) is 10.2 Å². The fourth-order valence-electron chi connectivity index (χ4n) is 4.26. The Morgan fingerprint density at radius 2 is 1.83 bits per heavy atom. The number of hydrogen-bond donors (Lipinski definition) is 2. The quantitative estimate of drug-likeness (QED) is 0.674. The summed E-state index contributed by atoms with van der Waals surface area (Å²) in [4.78, 5) is 14.7. The van der Waals surface area contributed by atoms with Crippen LogP contribution in [0.25, 0.3) is 11.1 Å². The SMILES string of the molecule is COP(=O)(Oc1ccccc1-c1ccccc1O)C1CCCN1C(=O)[C@@H]1CCCN1. The van der Waals surface area contributed by atoms with Crippen LogP contribution in [-0.2, 0) is 13.9 Å². The zero-order chi connectivity index (χ0) is 21.1. The Balaban J connectivity index is 1.64. The molecule has 0 spiro atoms. The van der Waals surface area contributed by atoms with E-state index in [1.54, 1.807) is 41.3 Å². The van der Waals surface area contributed by atoms with E-state index in [2.05, 4.69) is 5.32 Å². The van der Waals surface area contributed by atoms with E-state index >= 15 is 0 Å². The number of hydrogen-bond acceptors (Lipinski definition) is 6. The van der Waals surface area contributed by atoms with Crippen LogP contribution in [0.2, 0.25) is 0 Å². The summed E-state index contributed by atoms with van der Waals surface area (Å²) in [5, 5.41) is 13.5. The van der Waals surface area contributed by atoms with E-state index in [1.807, 2.05) is 12.1 Å². The summed E-state index contributed by atoms with van der Waals surface area (Å²) in [5.74, 6) is -0.215. The third-order valence-corrected chi connectivity index (χ3v) is 8.02. The number of nitrogens with one attached hydrogen (secondary N) is 1.